The molecule has 0 spiro atoms. The minimum Gasteiger partial charge on any atom is -0.410 e. The van der Waals surface area contributed by atoms with E-state index < -0.39 is 6.09 Å². The zero-order valence-corrected chi connectivity index (χ0v) is 7.70. The highest BCUT2D eigenvalue weighted by Gasteiger charge is 2.02. The monoisotopic (exact) mass is 180 g/mol. The number of aromatic nitrogens is 1. The van der Waals surface area contributed by atoms with Crippen LogP contribution in [0.3, 0.4) is 0 Å². The Labute approximate surface area is 76.7 Å². The van der Waals surface area contributed by atoms with Crippen molar-refractivity contribution < 1.29 is 9.53 Å². The molecule has 0 aliphatic carbocycles. The topological polar surface area (TPSA) is 65.2 Å². The molecule has 0 aliphatic heterocycles. The Morgan fingerprint density at radius 2 is 2.31 bits per heavy atom. The molecule has 13 heavy (non-hydrogen) atoms. The van der Waals surface area contributed by atoms with Crippen LogP contribution in [0.4, 0.5) is 4.79 Å². The largest absolute Gasteiger partial charge is 0.410 e. The molecular weight excluding hydrogens is 168 g/mol. The number of carbonyl (C=O) groups excluding carboxylic acids is 1. The summed E-state index contributed by atoms with van der Waals surface area (Å²) in [6, 6.07) is 3.38. The van der Waals surface area contributed by atoms with E-state index in [1.165, 1.54) is 0 Å². The van der Waals surface area contributed by atoms with Crippen LogP contribution in [0.5, 0.6) is 5.75 Å². The molecular formula is C9H12N2O2. The van der Waals surface area contributed by atoms with Gasteiger partial charge < -0.3 is 10.5 Å². The van der Waals surface area contributed by atoms with E-state index >= 15 is 0 Å². The van der Waals surface area contributed by atoms with E-state index in [1.54, 1.807) is 12.1 Å². The lowest BCUT2D eigenvalue weighted by molar-refractivity contribution is 0.211. The van der Waals surface area contributed by atoms with Crippen LogP contribution in [-0.2, 0) is 6.42 Å². The lowest BCUT2D eigenvalue weighted by Gasteiger charge is -2.03. The number of nitrogens with zero attached hydrogens (tertiary/aromatic N) is 1. The van der Waals surface area contributed by atoms with Crippen LogP contribution in [-0.4, -0.2) is 11.1 Å². The number of ether oxygens (including phenoxy) is 1. The van der Waals surface area contributed by atoms with Gasteiger partial charge in [-0.25, -0.2) is 4.79 Å². The van der Waals surface area contributed by atoms with Crippen molar-refractivity contribution in [2.75, 3.05) is 0 Å². The van der Waals surface area contributed by atoms with Gasteiger partial charge in [0, 0.05) is 23.5 Å². The second kappa shape index (κ2) is 3.89. The summed E-state index contributed by atoms with van der Waals surface area (Å²) < 4.78 is 4.74. The highest BCUT2D eigenvalue weighted by atomic mass is 16.5. The van der Waals surface area contributed by atoms with Crippen molar-refractivity contribution in [3.63, 3.8) is 0 Å². The van der Waals surface area contributed by atoms with Gasteiger partial charge >= 0.3 is 6.09 Å². The third-order valence-corrected chi connectivity index (χ3v) is 1.56. The SMILES string of the molecule is CCc1cc(OC(N)=O)cc(C)n1. The van der Waals surface area contributed by atoms with E-state index in [4.69, 9.17) is 10.5 Å². The Balaban J connectivity index is 2.94. The normalized spacial score (nSPS) is 9.69. The highest BCUT2D eigenvalue weighted by molar-refractivity contribution is 5.68. The third-order valence-electron chi connectivity index (χ3n) is 1.56. The molecule has 0 unspecified atom stereocenters. The van der Waals surface area contributed by atoms with E-state index in [0.29, 0.717) is 5.75 Å². The molecule has 0 fully saturated rings. The molecule has 0 saturated carbocycles. The van der Waals surface area contributed by atoms with Crippen LogP contribution in [0.25, 0.3) is 0 Å². The van der Waals surface area contributed by atoms with Gasteiger partial charge in [-0.15, -0.1) is 0 Å². The first kappa shape index (κ1) is 9.51. The van der Waals surface area contributed by atoms with E-state index in [9.17, 15) is 4.79 Å². The molecule has 1 rings (SSSR count). The first-order chi connectivity index (χ1) is 6.11. The minimum atomic E-state index is -0.798. The van der Waals surface area contributed by atoms with E-state index in [0.717, 1.165) is 17.8 Å². The van der Waals surface area contributed by atoms with Crippen LogP contribution in [0.1, 0.15) is 18.3 Å². The molecule has 0 atom stereocenters. The summed E-state index contributed by atoms with van der Waals surface area (Å²) in [6.07, 6.45) is 0.00391. The number of nitrogens with two attached hydrogens (primary N) is 1. The van der Waals surface area contributed by atoms with Crippen molar-refractivity contribution in [1.29, 1.82) is 0 Å². The van der Waals surface area contributed by atoms with E-state index in [2.05, 4.69) is 4.98 Å². The molecule has 70 valence electrons. The van der Waals surface area contributed by atoms with Gasteiger partial charge in [0.15, 0.2) is 0 Å². The zero-order chi connectivity index (χ0) is 9.84. The summed E-state index contributed by atoms with van der Waals surface area (Å²) in [5.41, 5.74) is 6.59. The van der Waals surface area contributed by atoms with Crippen LogP contribution in [0.15, 0.2) is 12.1 Å². The van der Waals surface area contributed by atoms with Crippen molar-refractivity contribution in [2.24, 2.45) is 5.73 Å². The molecule has 1 aromatic heterocycles. The van der Waals surface area contributed by atoms with Crippen LogP contribution < -0.4 is 10.5 Å². The molecule has 0 radical (unpaired) electrons. The maximum atomic E-state index is 10.5. The fraction of sp³-hybridized carbons (Fsp3) is 0.333. The fourth-order valence-corrected chi connectivity index (χ4v) is 1.06. The molecule has 0 aromatic carbocycles. The minimum absolute atomic E-state index is 0.455. The molecule has 4 nitrogen and oxygen atoms in total. The van der Waals surface area contributed by atoms with Gasteiger partial charge in [-0.3, -0.25) is 4.98 Å². The molecule has 0 aliphatic rings. The average molecular weight is 180 g/mol. The first-order valence-electron chi connectivity index (χ1n) is 4.06. The second-order valence-corrected chi connectivity index (χ2v) is 2.71. The number of rotatable bonds is 2. The van der Waals surface area contributed by atoms with Gasteiger partial charge in [0.2, 0.25) is 0 Å². The maximum absolute atomic E-state index is 10.5. The number of amides is 1. The van der Waals surface area contributed by atoms with Crippen LogP contribution in [0.2, 0.25) is 0 Å². The number of primary amides is 1. The van der Waals surface area contributed by atoms with Crippen LogP contribution >= 0.6 is 0 Å². The number of aryl methyl sites for hydroxylation is 2. The quantitative estimate of drug-likeness (QED) is 0.748. The fourth-order valence-electron chi connectivity index (χ4n) is 1.06. The van der Waals surface area contributed by atoms with Gasteiger partial charge in [-0.1, -0.05) is 6.92 Å². The molecule has 4 heteroatoms. The van der Waals surface area contributed by atoms with E-state index in [1.807, 2.05) is 13.8 Å². The average Bonchev–Trinajstić information content (AvgIpc) is 2.01. The standard InChI is InChI=1S/C9H12N2O2/c1-3-7-5-8(13-9(10)12)4-6(2)11-7/h4-5H,3H2,1-2H3,(H2,10,12). The second-order valence-electron chi connectivity index (χ2n) is 2.71. The number of hydrogen-bond donors (Lipinski definition) is 1. The predicted molar refractivity (Wildman–Crippen MR) is 48.6 cm³/mol. The molecule has 2 N–H and O–H groups in total. The zero-order valence-electron chi connectivity index (χ0n) is 7.70. The van der Waals surface area contributed by atoms with Gasteiger partial charge in [-0.05, 0) is 13.3 Å². The molecule has 1 amide bonds. The summed E-state index contributed by atoms with van der Waals surface area (Å²) in [5, 5.41) is 0. The van der Waals surface area contributed by atoms with Crippen molar-refractivity contribution in [2.45, 2.75) is 20.3 Å². The number of hydrogen-bond acceptors (Lipinski definition) is 3. The maximum Gasteiger partial charge on any atom is 0.409 e. The summed E-state index contributed by atoms with van der Waals surface area (Å²) in [4.78, 5) is 14.7. The Morgan fingerprint density at radius 3 is 2.85 bits per heavy atom. The third kappa shape index (κ3) is 2.74. The smallest absolute Gasteiger partial charge is 0.409 e. The highest BCUT2D eigenvalue weighted by Crippen LogP contribution is 2.14. The Morgan fingerprint density at radius 1 is 1.62 bits per heavy atom. The van der Waals surface area contributed by atoms with Crippen molar-refractivity contribution in [3.05, 3.63) is 23.5 Å². The number of pyridine rings is 1. The van der Waals surface area contributed by atoms with Gasteiger partial charge in [0.05, 0.1) is 0 Å². The van der Waals surface area contributed by atoms with Gasteiger partial charge in [0.25, 0.3) is 0 Å². The molecule has 0 saturated heterocycles. The van der Waals surface area contributed by atoms with Crippen molar-refractivity contribution in [1.82, 2.24) is 4.98 Å². The molecule has 0 bridgehead atoms. The molecule has 1 heterocycles. The summed E-state index contributed by atoms with van der Waals surface area (Å²) >= 11 is 0. The summed E-state index contributed by atoms with van der Waals surface area (Å²) in [6.45, 7) is 3.82. The molecule has 1 aromatic rings. The van der Waals surface area contributed by atoms with Gasteiger partial charge in [-0.2, -0.15) is 0 Å². The van der Waals surface area contributed by atoms with Gasteiger partial charge in [0.1, 0.15) is 5.75 Å². The van der Waals surface area contributed by atoms with Crippen LogP contribution in [0, 0.1) is 6.92 Å². The number of carbonyl (C=O) groups is 1. The Kier molecular flexibility index (Phi) is 2.84. The van der Waals surface area contributed by atoms with E-state index in [-0.39, 0.29) is 0 Å². The Hall–Kier alpha value is -1.58. The predicted octanol–water partition coefficient (Wildman–Crippen LogP) is 1.41. The van der Waals surface area contributed by atoms with Crippen molar-refractivity contribution >= 4 is 6.09 Å². The lowest BCUT2D eigenvalue weighted by atomic mass is 10.2. The Bertz CT molecular complexity index is 323. The summed E-state index contributed by atoms with van der Waals surface area (Å²) in [5.74, 6) is 0.455. The van der Waals surface area contributed by atoms with Crippen molar-refractivity contribution in [3.8, 4) is 5.75 Å². The summed E-state index contributed by atoms with van der Waals surface area (Å²) in [7, 11) is 0. The lowest BCUT2D eigenvalue weighted by Crippen LogP contribution is -2.16. The first-order valence-corrected chi connectivity index (χ1v) is 4.06.